The van der Waals surface area contributed by atoms with E-state index in [0.29, 0.717) is 0 Å². The van der Waals surface area contributed by atoms with E-state index in [0.717, 1.165) is 16.6 Å². The van der Waals surface area contributed by atoms with Crippen molar-refractivity contribution in [2.45, 2.75) is 0 Å². The van der Waals surface area contributed by atoms with E-state index in [1.807, 2.05) is 24.3 Å². The number of benzene rings is 1. The van der Waals surface area contributed by atoms with Crippen LogP contribution >= 0.6 is 0 Å². The number of allylic oxidation sites excluding steroid dienone is 2. The summed E-state index contributed by atoms with van der Waals surface area (Å²) in [4.78, 5) is 0. The molecule has 0 fully saturated rings. The molecule has 2 radical (unpaired) electrons. The molecular formula is C10H9B. The van der Waals surface area contributed by atoms with Crippen LogP contribution in [0.5, 0.6) is 0 Å². The van der Waals surface area contributed by atoms with Gasteiger partial charge in [-0.05, 0) is 11.1 Å². The molecule has 0 amide bonds. The van der Waals surface area contributed by atoms with Gasteiger partial charge in [0.25, 0.3) is 0 Å². The lowest BCUT2D eigenvalue weighted by atomic mass is 9.93. The predicted octanol–water partition coefficient (Wildman–Crippen LogP) is 1.68. The fourth-order valence-electron chi connectivity index (χ4n) is 0.856. The van der Waals surface area contributed by atoms with Crippen LogP contribution in [0.15, 0.2) is 43.5 Å². The molecule has 0 spiro atoms. The van der Waals surface area contributed by atoms with Crippen molar-refractivity contribution in [3.8, 4) is 0 Å². The van der Waals surface area contributed by atoms with Gasteiger partial charge < -0.3 is 0 Å². The third-order valence-corrected chi connectivity index (χ3v) is 1.50. The average molecular weight is 140 g/mol. The quantitative estimate of drug-likeness (QED) is 0.433. The topological polar surface area (TPSA) is 0 Å². The molecule has 0 aromatic heterocycles. The molecule has 1 rings (SSSR count). The Bertz CT molecular complexity index is 287. The molecular weight excluding hydrogens is 131 g/mol. The first-order valence-corrected chi connectivity index (χ1v) is 3.41. The van der Waals surface area contributed by atoms with Crippen LogP contribution in [0.2, 0.25) is 0 Å². The van der Waals surface area contributed by atoms with Crippen molar-refractivity contribution >= 4 is 18.9 Å². The highest BCUT2D eigenvalue weighted by molar-refractivity contribution is 6.32. The lowest BCUT2D eigenvalue weighted by Crippen LogP contribution is -2.00. The van der Waals surface area contributed by atoms with E-state index in [-0.39, 0.29) is 0 Å². The highest BCUT2D eigenvalue weighted by Gasteiger charge is 1.92. The van der Waals surface area contributed by atoms with Gasteiger partial charge in [-0.1, -0.05) is 49.0 Å². The van der Waals surface area contributed by atoms with Crippen molar-refractivity contribution in [2.24, 2.45) is 0 Å². The van der Waals surface area contributed by atoms with Crippen molar-refractivity contribution in [3.05, 3.63) is 49.1 Å². The molecule has 0 aliphatic rings. The zero-order valence-corrected chi connectivity index (χ0v) is 6.38. The molecule has 0 saturated carbocycles. The molecule has 0 atom stereocenters. The Balaban J connectivity index is 3.05. The maximum atomic E-state index is 5.58. The van der Waals surface area contributed by atoms with E-state index in [1.165, 1.54) is 0 Å². The summed E-state index contributed by atoms with van der Waals surface area (Å²) in [5.41, 5.74) is 2.68. The highest BCUT2D eigenvalue weighted by atomic mass is 14.0. The molecule has 0 nitrogen and oxygen atoms in total. The fraction of sp³-hybridized carbons (Fsp3) is 0. The molecule has 1 aromatic carbocycles. The van der Waals surface area contributed by atoms with Gasteiger partial charge in [0.2, 0.25) is 0 Å². The third-order valence-electron chi connectivity index (χ3n) is 1.50. The Morgan fingerprint density at radius 1 is 1.45 bits per heavy atom. The average Bonchev–Trinajstić information content (AvgIpc) is 2.03. The van der Waals surface area contributed by atoms with Crippen LogP contribution in [0, 0.1) is 0 Å². The Kier molecular flexibility index (Phi) is 2.32. The van der Waals surface area contributed by atoms with Gasteiger partial charge in [-0.2, -0.15) is 0 Å². The van der Waals surface area contributed by atoms with Crippen LogP contribution in [0.3, 0.4) is 0 Å². The molecule has 0 bridgehead atoms. The molecule has 11 heavy (non-hydrogen) atoms. The minimum atomic E-state index is 0.755. The van der Waals surface area contributed by atoms with E-state index in [9.17, 15) is 0 Å². The van der Waals surface area contributed by atoms with Gasteiger partial charge in [0.05, 0.1) is 0 Å². The summed E-state index contributed by atoms with van der Waals surface area (Å²) in [6.45, 7) is 7.44. The van der Waals surface area contributed by atoms with Crippen LogP contribution in [0.1, 0.15) is 5.56 Å². The fourth-order valence-corrected chi connectivity index (χ4v) is 0.856. The van der Waals surface area contributed by atoms with E-state index in [2.05, 4.69) is 13.2 Å². The summed E-state index contributed by atoms with van der Waals surface area (Å²) in [6.07, 6.45) is 1.72. The maximum absolute atomic E-state index is 5.58. The Hall–Kier alpha value is -1.24. The van der Waals surface area contributed by atoms with E-state index < -0.39 is 0 Å². The molecule has 0 N–H and O–H groups in total. The summed E-state index contributed by atoms with van der Waals surface area (Å²) in [5, 5.41) is 0. The molecule has 1 aromatic rings. The van der Waals surface area contributed by atoms with E-state index in [4.69, 9.17) is 7.85 Å². The molecule has 0 saturated heterocycles. The van der Waals surface area contributed by atoms with Gasteiger partial charge >= 0.3 is 0 Å². The SMILES string of the molecule is [B]c1cccc(C(=C)C=C)c1. The Morgan fingerprint density at radius 3 is 2.73 bits per heavy atom. The minimum Gasteiger partial charge on any atom is -0.0985 e. The monoisotopic (exact) mass is 140 g/mol. The molecule has 52 valence electrons. The molecule has 0 aliphatic heterocycles. The summed E-state index contributed by atoms with van der Waals surface area (Å²) >= 11 is 0. The van der Waals surface area contributed by atoms with Gasteiger partial charge in [-0.15, -0.1) is 0 Å². The molecule has 1 heteroatoms. The van der Waals surface area contributed by atoms with Crippen LogP contribution in [0.25, 0.3) is 5.57 Å². The second kappa shape index (κ2) is 3.24. The highest BCUT2D eigenvalue weighted by Crippen LogP contribution is 2.09. The normalized spacial score (nSPS) is 9.09. The smallest absolute Gasteiger partial charge is 0.0985 e. The van der Waals surface area contributed by atoms with Gasteiger partial charge in [0, 0.05) is 0 Å². The van der Waals surface area contributed by atoms with Crippen molar-refractivity contribution < 1.29 is 0 Å². The summed E-state index contributed by atoms with van der Waals surface area (Å²) in [6, 6.07) is 7.59. The first-order chi connectivity index (χ1) is 5.24. The third kappa shape index (κ3) is 1.84. The summed E-state index contributed by atoms with van der Waals surface area (Å²) in [7, 11) is 5.58. The maximum Gasteiger partial charge on any atom is 0.113 e. The zero-order chi connectivity index (χ0) is 8.27. The van der Waals surface area contributed by atoms with E-state index in [1.54, 1.807) is 6.08 Å². The van der Waals surface area contributed by atoms with Gasteiger partial charge in [-0.25, -0.2) is 0 Å². The van der Waals surface area contributed by atoms with Gasteiger partial charge in [0.15, 0.2) is 0 Å². The second-order valence-corrected chi connectivity index (χ2v) is 2.35. The first-order valence-electron chi connectivity index (χ1n) is 3.41. The van der Waals surface area contributed by atoms with Crippen molar-refractivity contribution in [1.29, 1.82) is 0 Å². The largest absolute Gasteiger partial charge is 0.113 e. The predicted molar refractivity (Wildman–Crippen MR) is 51.1 cm³/mol. The van der Waals surface area contributed by atoms with Crippen LogP contribution in [-0.2, 0) is 0 Å². The van der Waals surface area contributed by atoms with E-state index >= 15 is 0 Å². The van der Waals surface area contributed by atoms with Crippen LogP contribution in [-0.4, -0.2) is 7.85 Å². The number of rotatable bonds is 2. The van der Waals surface area contributed by atoms with Crippen molar-refractivity contribution in [2.75, 3.05) is 0 Å². The summed E-state index contributed by atoms with van der Waals surface area (Å²) in [5.74, 6) is 0. The number of hydrogen-bond acceptors (Lipinski definition) is 0. The van der Waals surface area contributed by atoms with Crippen molar-refractivity contribution in [1.82, 2.24) is 0 Å². The van der Waals surface area contributed by atoms with Crippen LogP contribution < -0.4 is 5.46 Å². The standard InChI is InChI=1S/C10H9B/c1-3-8(2)9-5-4-6-10(11)7-9/h3-7H,1-2H2. The minimum absolute atomic E-state index is 0.755. The summed E-state index contributed by atoms with van der Waals surface area (Å²) < 4.78 is 0. The van der Waals surface area contributed by atoms with Crippen molar-refractivity contribution in [3.63, 3.8) is 0 Å². The Labute approximate surface area is 68.7 Å². The van der Waals surface area contributed by atoms with Gasteiger partial charge in [-0.3, -0.25) is 0 Å². The lowest BCUT2D eigenvalue weighted by molar-refractivity contribution is 1.67. The zero-order valence-electron chi connectivity index (χ0n) is 6.38. The first kappa shape index (κ1) is 7.87. The molecule has 0 aliphatic carbocycles. The van der Waals surface area contributed by atoms with Crippen LogP contribution in [0.4, 0.5) is 0 Å². The second-order valence-electron chi connectivity index (χ2n) is 2.35. The van der Waals surface area contributed by atoms with Gasteiger partial charge in [0.1, 0.15) is 7.85 Å². The lowest BCUT2D eigenvalue weighted by Gasteiger charge is -2.00. The molecule has 0 heterocycles. The Morgan fingerprint density at radius 2 is 2.18 bits per heavy atom. The molecule has 0 unspecified atom stereocenters. The number of hydrogen-bond donors (Lipinski definition) is 0.